The third-order valence-corrected chi connectivity index (χ3v) is 4.00. The Kier molecular flexibility index (Phi) is 2.93. The summed E-state index contributed by atoms with van der Waals surface area (Å²) in [5, 5.41) is 21.9. The lowest BCUT2D eigenvalue weighted by Gasteiger charge is -2.32. The lowest BCUT2D eigenvalue weighted by Crippen LogP contribution is -2.36. The third-order valence-electron chi connectivity index (χ3n) is 4.00. The van der Waals surface area contributed by atoms with E-state index in [1.54, 1.807) is 16.8 Å². The van der Waals surface area contributed by atoms with Crippen LogP contribution in [-0.4, -0.2) is 30.9 Å². The van der Waals surface area contributed by atoms with Crippen molar-refractivity contribution >= 4 is 11.6 Å². The molecule has 0 saturated heterocycles. The predicted octanol–water partition coefficient (Wildman–Crippen LogP) is 1.70. The molecule has 1 N–H and O–H groups in total. The molecule has 100 valence electrons. The summed E-state index contributed by atoms with van der Waals surface area (Å²) in [7, 11) is 0. The molecule has 0 aliphatic heterocycles. The van der Waals surface area contributed by atoms with Crippen molar-refractivity contribution in [1.82, 2.24) is 19.8 Å². The minimum Gasteiger partial charge on any atom is -0.481 e. The minimum atomic E-state index is -0.722. The Hall–Kier alpha value is -1.98. The molecule has 2 aromatic rings. The second-order valence-electron chi connectivity index (χ2n) is 5.23. The Morgan fingerprint density at radius 2 is 2.11 bits per heavy atom. The molecule has 2 aromatic heterocycles. The molecule has 3 rings (SSSR count). The topological polar surface area (TPSA) is 80.4 Å². The summed E-state index contributed by atoms with van der Waals surface area (Å²) in [5.41, 5.74) is -0.0347. The molecular formula is C13H16N4O2. The van der Waals surface area contributed by atoms with E-state index in [-0.39, 0.29) is 0 Å². The number of aromatic nitrogens is 4. The van der Waals surface area contributed by atoms with Crippen LogP contribution in [0, 0.1) is 5.41 Å². The van der Waals surface area contributed by atoms with Crippen LogP contribution in [0.2, 0.25) is 0 Å². The molecule has 0 radical (unpaired) electrons. The van der Waals surface area contributed by atoms with Crippen LogP contribution in [0.25, 0.3) is 5.65 Å². The summed E-state index contributed by atoms with van der Waals surface area (Å²) in [5.74, 6) is -0.0835. The molecule has 6 heteroatoms. The zero-order chi connectivity index (χ0) is 13.3. The standard InChI is InChI=1S/C13H16N4O2/c18-12(19)13(6-2-1-3-7-13)9-11-16-15-10-5-4-8-14-17(10)11/h4-5,8H,1-3,6-7,9H2,(H,18,19). The van der Waals surface area contributed by atoms with Crippen molar-refractivity contribution in [2.45, 2.75) is 38.5 Å². The van der Waals surface area contributed by atoms with E-state index in [0.717, 1.165) is 19.3 Å². The maximum Gasteiger partial charge on any atom is 0.310 e. The molecule has 0 amide bonds. The van der Waals surface area contributed by atoms with E-state index in [1.807, 2.05) is 6.07 Å². The molecule has 19 heavy (non-hydrogen) atoms. The van der Waals surface area contributed by atoms with E-state index in [2.05, 4.69) is 15.3 Å². The Balaban J connectivity index is 1.96. The molecule has 2 heterocycles. The van der Waals surface area contributed by atoms with Gasteiger partial charge < -0.3 is 5.11 Å². The predicted molar refractivity (Wildman–Crippen MR) is 67.6 cm³/mol. The van der Waals surface area contributed by atoms with Gasteiger partial charge in [0.2, 0.25) is 0 Å². The number of nitrogens with zero attached hydrogens (tertiary/aromatic N) is 4. The fraction of sp³-hybridized carbons (Fsp3) is 0.538. The van der Waals surface area contributed by atoms with Crippen molar-refractivity contribution in [3.05, 3.63) is 24.2 Å². The number of carboxylic acids is 1. The van der Waals surface area contributed by atoms with Crippen LogP contribution in [0.1, 0.15) is 37.9 Å². The highest BCUT2D eigenvalue weighted by atomic mass is 16.4. The quantitative estimate of drug-likeness (QED) is 0.908. The van der Waals surface area contributed by atoms with Crippen LogP contribution in [0.5, 0.6) is 0 Å². The van der Waals surface area contributed by atoms with Gasteiger partial charge in [-0.15, -0.1) is 10.2 Å². The van der Waals surface area contributed by atoms with Crippen molar-refractivity contribution in [3.63, 3.8) is 0 Å². The Morgan fingerprint density at radius 3 is 2.84 bits per heavy atom. The number of carbonyl (C=O) groups is 1. The monoisotopic (exact) mass is 260 g/mol. The number of aliphatic carboxylic acids is 1. The van der Waals surface area contributed by atoms with Gasteiger partial charge in [0, 0.05) is 12.6 Å². The molecule has 6 nitrogen and oxygen atoms in total. The van der Waals surface area contributed by atoms with Crippen molar-refractivity contribution in [2.75, 3.05) is 0 Å². The molecule has 0 bridgehead atoms. The van der Waals surface area contributed by atoms with Crippen LogP contribution in [0.4, 0.5) is 0 Å². The summed E-state index contributed by atoms with van der Waals surface area (Å²) in [6, 6.07) is 3.61. The molecule has 1 aliphatic rings. The summed E-state index contributed by atoms with van der Waals surface area (Å²) in [4.78, 5) is 11.7. The van der Waals surface area contributed by atoms with Crippen LogP contribution in [-0.2, 0) is 11.2 Å². The first-order valence-corrected chi connectivity index (χ1v) is 6.60. The van der Waals surface area contributed by atoms with Gasteiger partial charge in [-0.2, -0.15) is 9.61 Å². The van der Waals surface area contributed by atoms with Crippen molar-refractivity contribution < 1.29 is 9.90 Å². The molecular weight excluding hydrogens is 244 g/mol. The van der Waals surface area contributed by atoms with Gasteiger partial charge in [0.1, 0.15) is 0 Å². The zero-order valence-corrected chi connectivity index (χ0v) is 10.6. The normalized spacial score (nSPS) is 18.5. The second kappa shape index (κ2) is 4.60. The largest absolute Gasteiger partial charge is 0.481 e. The highest BCUT2D eigenvalue weighted by molar-refractivity contribution is 5.75. The van der Waals surface area contributed by atoms with Crippen LogP contribution in [0.3, 0.4) is 0 Å². The van der Waals surface area contributed by atoms with Crippen molar-refractivity contribution in [2.24, 2.45) is 5.41 Å². The summed E-state index contributed by atoms with van der Waals surface area (Å²) >= 11 is 0. The zero-order valence-electron chi connectivity index (χ0n) is 10.6. The average Bonchev–Trinajstić information content (AvgIpc) is 2.83. The Morgan fingerprint density at radius 1 is 1.32 bits per heavy atom. The fourth-order valence-corrected chi connectivity index (χ4v) is 2.90. The molecule has 0 unspecified atom stereocenters. The van der Waals surface area contributed by atoms with Gasteiger partial charge in [-0.3, -0.25) is 4.79 Å². The fourth-order valence-electron chi connectivity index (χ4n) is 2.90. The first kappa shape index (κ1) is 12.1. The molecule has 0 spiro atoms. The van der Waals surface area contributed by atoms with E-state index in [0.29, 0.717) is 30.7 Å². The SMILES string of the molecule is O=C(O)C1(Cc2nnc3cccnn23)CCCCC1. The van der Waals surface area contributed by atoms with E-state index < -0.39 is 11.4 Å². The van der Waals surface area contributed by atoms with Gasteiger partial charge in [0.05, 0.1) is 5.41 Å². The lowest BCUT2D eigenvalue weighted by atomic mass is 9.71. The van der Waals surface area contributed by atoms with Crippen LogP contribution >= 0.6 is 0 Å². The maximum atomic E-state index is 11.7. The molecule has 1 aliphatic carbocycles. The first-order chi connectivity index (χ1) is 9.21. The smallest absolute Gasteiger partial charge is 0.310 e. The first-order valence-electron chi connectivity index (χ1n) is 6.60. The van der Waals surface area contributed by atoms with Gasteiger partial charge in [-0.05, 0) is 25.0 Å². The Labute approximate surface area is 110 Å². The molecule has 1 saturated carbocycles. The summed E-state index contributed by atoms with van der Waals surface area (Å²) in [6.07, 6.45) is 6.55. The highest BCUT2D eigenvalue weighted by Crippen LogP contribution is 2.39. The van der Waals surface area contributed by atoms with Gasteiger partial charge in [-0.1, -0.05) is 19.3 Å². The summed E-state index contributed by atoms with van der Waals surface area (Å²) in [6.45, 7) is 0. The molecule has 1 fully saturated rings. The second-order valence-corrected chi connectivity index (χ2v) is 5.23. The van der Waals surface area contributed by atoms with Gasteiger partial charge >= 0.3 is 5.97 Å². The summed E-state index contributed by atoms with van der Waals surface area (Å²) < 4.78 is 1.64. The lowest BCUT2D eigenvalue weighted by molar-refractivity contribution is -0.151. The number of carboxylic acid groups (broad SMARTS) is 1. The van der Waals surface area contributed by atoms with E-state index in [4.69, 9.17) is 0 Å². The molecule has 0 aromatic carbocycles. The highest BCUT2D eigenvalue weighted by Gasteiger charge is 2.41. The third kappa shape index (κ3) is 2.07. The number of fused-ring (bicyclic) bond motifs is 1. The number of rotatable bonds is 3. The maximum absolute atomic E-state index is 11.7. The number of hydrogen-bond donors (Lipinski definition) is 1. The number of hydrogen-bond acceptors (Lipinski definition) is 4. The van der Waals surface area contributed by atoms with Gasteiger partial charge in [0.15, 0.2) is 11.5 Å². The van der Waals surface area contributed by atoms with Crippen LogP contribution < -0.4 is 0 Å². The minimum absolute atomic E-state index is 0.403. The van der Waals surface area contributed by atoms with Crippen molar-refractivity contribution in [1.29, 1.82) is 0 Å². The van der Waals surface area contributed by atoms with Gasteiger partial charge in [-0.25, -0.2) is 0 Å². The van der Waals surface area contributed by atoms with Crippen molar-refractivity contribution in [3.8, 4) is 0 Å². The van der Waals surface area contributed by atoms with E-state index >= 15 is 0 Å². The molecule has 0 atom stereocenters. The van der Waals surface area contributed by atoms with Crippen LogP contribution in [0.15, 0.2) is 18.3 Å². The van der Waals surface area contributed by atoms with E-state index in [1.165, 1.54) is 0 Å². The Bertz CT molecular complexity index is 601. The van der Waals surface area contributed by atoms with Gasteiger partial charge in [0.25, 0.3) is 0 Å². The van der Waals surface area contributed by atoms with E-state index in [9.17, 15) is 9.90 Å². The average molecular weight is 260 g/mol.